The highest BCUT2D eigenvalue weighted by atomic mass is 32.1. The molecule has 2 heterocycles. The zero-order chi connectivity index (χ0) is 18.8. The second kappa shape index (κ2) is 7.28. The van der Waals surface area contributed by atoms with Crippen molar-refractivity contribution in [3.05, 3.63) is 34.0 Å². The summed E-state index contributed by atoms with van der Waals surface area (Å²) >= 11 is 1.38. The van der Waals surface area contributed by atoms with Crippen molar-refractivity contribution in [2.24, 2.45) is 0 Å². The number of esters is 1. The molecule has 0 aromatic carbocycles. The van der Waals surface area contributed by atoms with Crippen LogP contribution in [-0.2, 0) is 22.4 Å². The first kappa shape index (κ1) is 18.1. The van der Waals surface area contributed by atoms with Crippen LogP contribution in [-0.4, -0.2) is 39.8 Å². The third-order valence-electron chi connectivity index (χ3n) is 4.43. The van der Waals surface area contributed by atoms with Gasteiger partial charge in [0.15, 0.2) is 0 Å². The Morgan fingerprint density at radius 3 is 2.77 bits per heavy atom. The van der Waals surface area contributed by atoms with Crippen molar-refractivity contribution >= 4 is 34.2 Å². The Labute approximate surface area is 153 Å². The molecule has 1 amide bonds. The molecule has 0 fully saturated rings. The predicted molar refractivity (Wildman–Crippen MR) is 94.8 cm³/mol. The monoisotopic (exact) mass is 377 g/mol. The first-order chi connectivity index (χ1) is 12.4. The number of ether oxygens (including phenoxy) is 1. The van der Waals surface area contributed by atoms with Crippen LogP contribution in [0.4, 0.5) is 5.00 Å². The number of carboxylic acids is 1. The smallest absolute Gasteiger partial charge is 0.354 e. The fourth-order valence-corrected chi connectivity index (χ4v) is 4.37. The van der Waals surface area contributed by atoms with Gasteiger partial charge in [-0.3, -0.25) is 4.79 Å². The van der Waals surface area contributed by atoms with E-state index in [1.165, 1.54) is 30.7 Å². The fraction of sp³-hybridized carbons (Fsp3) is 0.412. The molecule has 2 N–H and O–H groups in total. The molecule has 138 valence electrons. The Hall–Kier alpha value is -2.68. The van der Waals surface area contributed by atoms with Crippen LogP contribution in [0, 0.1) is 0 Å². The van der Waals surface area contributed by atoms with Crippen molar-refractivity contribution in [3.63, 3.8) is 0 Å². The molecule has 0 saturated heterocycles. The highest BCUT2D eigenvalue weighted by molar-refractivity contribution is 7.17. The Morgan fingerprint density at radius 1 is 1.35 bits per heavy atom. The molecule has 3 rings (SSSR count). The summed E-state index contributed by atoms with van der Waals surface area (Å²) in [6.07, 6.45) is 5.03. The van der Waals surface area contributed by atoms with Gasteiger partial charge >= 0.3 is 11.9 Å². The van der Waals surface area contributed by atoms with Gasteiger partial charge < -0.3 is 15.2 Å². The van der Waals surface area contributed by atoms with Crippen molar-refractivity contribution in [2.75, 3.05) is 12.4 Å². The molecule has 9 heteroatoms. The van der Waals surface area contributed by atoms with E-state index in [9.17, 15) is 19.5 Å². The fourth-order valence-electron chi connectivity index (χ4n) is 3.09. The first-order valence-corrected chi connectivity index (χ1v) is 9.06. The molecule has 0 radical (unpaired) electrons. The van der Waals surface area contributed by atoms with E-state index in [4.69, 9.17) is 4.74 Å². The average molecular weight is 377 g/mol. The number of nitrogens with zero attached hydrogens (tertiary/aromatic N) is 2. The second-order valence-corrected chi connectivity index (χ2v) is 7.14. The number of aryl methyl sites for hydroxylation is 1. The number of carbonyl (C=O) groups is 3. The summed E-state index contributed by atoms with van der Waals surface area (Å²) in [4.78, 5) is 37.2. The summed E-state index contributed by atoms with van der Waals surface area (Å²) in [6.45, 7) is 1.56. The van der Waals surface area contributed by atoms with Gasteiger partial charge in [-0.25, -0.2) is 14.3 Å². The molecule has 8 nitrogen and oxygen atoms in total. The standard InChI is InChI=1S/C17H19N3O5S/c1-9(20-11(16(22)23)7-8-18-20)14(21)19-15-13(17(24)25-2)10-5-3-4-6-12(10)26-15/h7-9H,3-6H2,1-2H3,(H,19,21)(H,22,23). The van der Waals surface area contributed by atoms with E-state index in [-0.39, 0.29) is 5.69 Å². The topological polar surface area (TPSA) is 111 Å². The highest BCUT2D eigenvalue weighted by Crippen LogP contribution is 2.38. The maximum Gasteiger partial charge on any atom is 0.354 e. The zero-order valence-electron chi connectivity index (χ0n) is 14.4. The van der Waals surface area contributed by atoms with Crippen LogP contribution >= 0.6 is 11.3 Å². The average Bonchev–Trinajstić information content (AvgIpc) is 3.24. The lowest BCUT2D eigenvalue weighted by molar-refractivity contribution is -0.119. The maximum atomic E-state index is 12.7. The van der Waals surface area contributed by atoms with E-state index >= 15 is 0 Å². The van der Waals surface area contributed by atoms with Crippen molar-refractivity contribution < 1.29 is 24.2 Å². The van der Waals surface area contributed by atoms with Crippen LogP contribution in [0.25, 0.3) is 0 Å². The number of fused-ring (bicyclic) bond motifs is 1. The number of thiophene rings is 1. The van der Waals surface area contributed by atoms with Crippen LogP contribution < -0.4 is 5.32 Å². The SMILES string of the molecule is COC(=O)c1c(NC(=O)C(C)n2nccc2C(=O)O)sc2c1CCCC2. The summed E-state index contributed by atoms with van der Waals surface area (Å²) in [5.74, 6) is -2.08. The van der Waals surface area contributed by atoms with Gasteiger partial charge in [-0.1, -0.05) is 0 Å². The minimum Gasteiger partial charge on any atom is -0.477 e. The molecule has 1 atom stereocenters. The lowest BCUT2D eigenvalue weighted by Gasteiger charge is -2.14. The molecule has 26 heavy (non-hydrogen) atoms. The number of anilines is 1. The van der Waals surface area contributed by atoms with E-state index in [0.29, 0.717) is 10.6 Å². The minimum atomic E-state index is -1.16. The molecule has 2 aromatic rings. The van der Waals surface area contributed by atoms with Crippen molar-refractivity contribution in [1.82, 2.24) is 9.78 Å². The van der Waals surface area contributed by atoms with Crippen molar-refractivity contribution in [2.45, 2.75) is 38.6 Å². The molecule has 0 bridgehead atoms. The summed E-state index contributed by atoms with van der Waals surface area (Å²) in [5, 5.41) is 16.3. The van der Waals surface area contributed by atoms with Crippen LogP contribution in [0.3, 0.4) is 0 Å². The number of carboxylic acid groups (broad SMARTS) is 1. The van der Waals surface area contributed by atoms with Gasteiger partial charge in [-0.15, -0.1) is 11.3 Å². The quantitative estimate of drug-likeness (QED) is 0.775. The number of nitrogens with one attached hydrogen (secondary N) is 1. The minimum absolute atomic E-state index is 0.0775. The third kappa shape index (κ3) is 3.22. The molecular formula is C17H19N3O5S. The van der Waals surface area contributed by atoms with Gasteiger partial charge in [-0.05, 0) is 44.2 Å². The number of aromatic nitrogens is 2. The number of carbonyl (C=O) groups excluding carboxylic acids is 2. The number of amides is 1. The molecule has 0 saturated carbocycles. The molecule has 1 unspecified atom stereocenters. The van der Waals surface area contributed by atoms with Gasteiger partial charge in [0, 0.05) is 11.1 Å². The van der Waals surface area contributed by atoms with Gasteiger partial charge in [-0.2, -0.15) is 5.10 Å². The molecular weight excluding hydrogens is 358 g/mol. The predicted octanol–water partition coefficient (Wildman–Crippen LogP) is 2.51. The van der Waals surface area contributed by atoms with Crippen LogP contribution in [0.2, 0.25) is 0 Å². The van der Waals surface area contributed by atoms with E-state index in [2.05, 4.69) is 10.4 Å². The summed E-state index contributed by atoms with van der Waals surface area (Å²) in [5.41, 5.74) is 1.28. The Bertz CT molecular complexity index is 870. The summed E-state index contributed by atoms with van der Waals surface area (Å²) in [6, 6.07) is 0.483. The van der Waals surface area contributed by atoms with E-state index in [1.807, 2.05) is 0 Å². The Kier molecular flexibility index (Phi) is 5.08. The van der Waals surface area contributed by atoms with Gasteiger partial charge in [0.25, 0.3) is 0 Å². The normalized spacial score (nSPS) is 14.4. The molecule has 1 aliphatic carbocycles. The van der Waals surface area contributed by atoms with Crippen LogP contribution in [0.1, 0.15) is 57.1 Å². The Balaban J connectivity index is 1.89. The van der Waals surface area contributed by atoms with Gasteiger partial charge in [0.05, 0.1) is 12.7 Å². The molecule has 0 aliphatic heterocycles. The lowest BCUT2D eigenvalue weighted by atomic mass is 9.95. The van der Waals surface area contributed by atoms with Crippen LogP contribution in [0.5, 0.6) is 0 Å². The number of aromatic carboxylic acids is 1. The maximum absolute atomic E-state index is 12.7. The number of hydrogen-bond donors (Lipinski definition) is 2. The first-order valence-electron chi connectivity index (χ1n) is 8.24. The molecule has 1 aliphatic rings. The third-order valence-corrected chi connectivity index (χ3v) is 5.64. The molecule has 0 spiro atoms. The van der Waals surface area contributed by atoms with Gasteiger partial charge in [0.2, 0.25) is 5.91 Å². The highest BCUT2D eigenvalue weighted by Gasteiger charge is 2.29. The van der Waals surface area contributed by atoms with E-state index < -0.39 is 23.9 Å². The molecule has 2 aromatic heterocycles. The van der Waals surface area contributed by atoms with Crippen molar-refractivity contribution in [3.8, 4) is 0 Å². The van der Waals surface area contributed by atoms with Crippen LogP contribution in [0.15, 0.2) is 12.3 Å². The number of hydrogen-bond acceptors (Lipinski definition) is 6. The van der Waals surface area contributed by atoms with Gasteiger partial charge in [0.1, 0.15) is 16.7 Å². The summed E-state index contributed by atoms with van der Waals surface area (Å²) in [7, 11) is 1.31. The second-order valence-electron chi connectivity index (χ2n) is 6.04. The number of rotatable bonds is 5. The summed E-state index contributed by atoms with van der Waals surface area (Å²) < 4.78 is 6.03. The lowest BCUT2D eigenvalue weighted by Crippen LogP contribution is -2.27. The van der Waals surface area contributed by atoms with Crippen molar-refractivity contribution in [1.29, 1.82) is 0 Å². The largest absolute Gasteiger partial charge is 0.477 e. The van der Waals surface area contributed by atoms with E-state index in [0.717, 1.165) is 40.8 Å². The Morgan fingerprint density at radius 2 is 2.08 bits per heavy atom. The number of methoxy groups -OCH3 is 1. The van der Waals surface area contributed by atoms with E-state index in [1.54, 1.807) is 6.92 Å². The zero-order valence-corrected chi connectivity index (χ0v) is 15.3.